The minimum absolute atomic E-state index is 0.250. The predicted octanol–water partition coefficient (Wildman–Crippen LogP) is 3.17. The van der Waals surface area contributed by atoms with Crippen molar-refractivity contribution in [3.8, 4) is 0 Å². The molecule has 4 heteroatoms. The third-order valence-electron chi connectivity index (χ3n) is 3.78. The van der Waals surface area contributed by atoms with E-state index in [1.165, 1.54) is 25.3 Å². The molecule has 23 heavy (non-hydrogen) atoms. The minimum Gasteiger partial charge on any atom is -0.350 e. The van der Waals surface area contributed by atoms with E-state index in [1.54, 1.807) is 6.08 Å². The molecule has 0 fully saturated rings. The average Bonchev–Trinajstić information content (AvgIpc) is 2.56. The molecular weight excluding hydrogens is 288 g/mol. The summed E-state index contributed by atoms with van der Waals surface area (Å²) >= 11 is 0. The van der Waals surface area contributed by atoms with Crippen molar-refractivity contribution in [1.82, 2.24) is 10.6 Å². The van der Waals surface area contributed by atoms with Gasteiger partial charge >= 0.3 is 0 Å². The van der Waals surface area contributed by atoms with E-state index in [9.17, 15) is 9.59 Å². The lowest BCUT2D eigenvalue weighted by Crippen LogP contribution is -2.34. The topological polar surface area (TPSA) is 58.2 Å². The van der Waals surface area contributed by atoms with Gasteiger partial charge in [0.25, 0.3) is 5.91 Å². The molecule has 122 valence electrons. The van der Waals surface area contributed by atoms with E-state index in [0.29, 0.717) is 6.54 Å². The molecule has 1 aliphatic carbocycles. The second kappa shape index (κ2) is 8.93. The largest absolute Gasteiger partial charge is 0.350 e. The Bertz CT molecular complexity index is 603. The van der Waals surface area contributed by atoms with E-state index in [1.807, 2.05) is 30.3 Å². The van der Waals surface area contributed by atoms with Crippen molar-refractivity contribution in [3.63, 3.8) is 0 Å². The van der Waals surface area contributed by atoms with Gasteiger partial charge in [0.1, 0.15) is 5.70 Å². The van der Waals surface area contributed by atoms with Crippen LogP contribution in [0, 0.1) is 0 Å². The summed E-state index contributed by atoms with van der Waals surface area (Å²) in [6.45, 7) is 2.00. The number of allylic oxidation sites excluding steroid dienone is 1. The molecule has 0 saturated heterocycles. The van der Waals surface area contributed by atoms with Crippen LogP contribution in [0.15, 0.2) is 47.7 Å². The van der Waals surface area contributed by atoms with Crippen LogP contribution < -0.4 is 10.6 Å². The summed E-state index contributed by atoms with van der Waals surface area (Å²) in [4.78, 5) is 23.6. The third kappa shape index (κ3) is 6.10. The Kier molecular flexibility index (Phi) is 6.60. The van der Waals surface area contributed by atoms with Crippen molar-refractivity contribution in [2.45, 2.75) is 39.0 Å². The lowest BCUT2D eigenvalue weighted by Gasteiger charge is -2.14. The van der Waals surface area contributed by atoms with Crippen molar-refractivity contribution in [1.29, 1.82) is 0 Å². The molecule has 4 nitrogen and oxygen atoms in total. The highest BCUT2D eigenvalue weighted by Crippen LogP contribution is 2.19. The molecule has 0 bridgehead atoms. The van der Waals surface area contributed by atoms with Gasteiger partial charge in [0.05, 0.1) is 0 Å². The van der Waals surface area contributed by atoms with Crippen LogP contribution in [0.1, 0.15) is 44.6 Å². The molecule has 0 heterocycles. The fourth-order valence-electron chi connectivity index (χ4n) is 2.63. The maximum absolute atomic E-state index is 12.3. The fourth-order valence-corrected chi connectivity index (χ4v) is 2.63. The number of benzene rings is 1. The predicted molar refractivity (Wildman–Crippen MR) is 92.4 cm³/mol. The van der Waals surface area contributed by atoms with Gasteiger partial charge in [0.2, 0.25) is 5.91 Å². The van der Waals surface area contributed by atoms with Crippen molar-refractivity contribution in [3.05, 3.63) is 53.2 Å². The number of nitrogens with one attached hydrogen (secondary N) is 2. The van der Waals surface area contributed by atoms with Crippen LogP contribution >= 0.6 is 0 Å². The van der Waals surface area contributed by atoms with Gasteiger partial charge in [-0.05, 0) is 43.7 Å². The highest BCUT2D eigenvalue weighted by atomic mass is 16.2. The van der Waals surface area contributed by atoms with Crippen molar-refractivity contribution in [2.75, 3.05) is 6.54 Å². The summed E-state index contributed by atoms with van der Waals surface area (Å²) in [6.07, 6.45) is 9.64. The Morgan fingerprint density at radius 2 is 1.96 bits per heavy atom. The third-order valence-corrected chi connectivity index (χ3v) is 3.78. The zero-order chi connectivity index (χ0) is 16.5. The van der Waals surface area contributed by atoms with Crippen LogP contribution in [0.4, 0.5) is 0 Å². The van der Waals surface area contributed by atoms with Gasteiger partial charge in [-0.1, -0.05) is 42.0 Å². The van der Waals surface area contributed by atoms with E-state index in [4.69, 9.17) is 0 Å². The molecule has 2 N–H and O–H groups in total. The van der Waals surface area contributed by atoms with Crippen LogP contribution in [-0.2, 0) is 9.59 Å². The van der Waals surface area contributed by atoms with E-state index < -0.39 is 0 Å². The van der Waals surface area contributed by atoms with Gasteiger partial charge in [-0.3, -0.25) is 9.59 Å². The molecule has 0 aromatic heterocycles. The highest BCUT2D eigenvalue weighted by Gasteiger charge is 2.11. The summed E-state index contributed by atoms with van der Waals surface area (Å²) in [5.41, 5.74) is 2.58. The second-order valence-corrected chi connectivity index (χ2v) is 5.76. The smallest absolute Gasteiger partial charge is 0.267 e. The van der Waals surface area contributed by atoms with Crippen LogP contribution in [0.5, 0.6) is 0 Å². The monoisotopic (exact) mass is 312 g/mol. The zero-order valence-corrected chi connectivity index (χ0v) is 13.6. The minimum atomic E-state index is -0.252. The van der Waals surface area contributed by atoms with Gasteiger partial charge in [-0.25, -0.2) is 0 Å². The maximum Gasteiger partial charge on any atom is 0.267 e. The molecule has 1 aromatic carbocycles. The van der Waals surface area contributed by atoms with Crippen molar-refractivity contribution < 1.29 is 9.59 Å². The lowest BCUT2D eigenvalue weighted by molar-refractivity contribution is -0.122. The summed E-state index contributed by atoms with van der Waals surface area (Å²) in [5, 5.41) is 5.50. The van der Waals surface area contributed by atoms with E-state index in [0.717, 1.165) is 24.8 Å². The summed E-state index contributed by atoms with van der Waals surface area (Å²) in [6, 6.07) is 9.48. The van der Waals surface area contributed by atoms with E-state index in [2.05, 4.69) is 16.7 Å². The Hall–Kier alpha value is -2.36. The second-order valence-electron chi connectivity index (χ2n) is 5.76. The molecule has 2 amide bonds. The molecule has 0 aliphatic heterocycles. The number of carbonyl (C=O) groups excluding carboxylic acids is 2. The number of amides is 2. The molecule has 0 atom stereocenters. The maximum atomic E-state index is 12.3. The van der Waals surface area contributed by atoms with Crippen LogP contribution in [0.3, 0.4) is 0 Å². The summed E-state index contributed by atoms with van der Waals surface area (Å²) in [5.74, 6) is -0.502. The Morgan fingerprint density at radius 3 is 2.61 bits per heavy atom. The standard InChI is InChI=1S/C19H24N2O2/c1-15(22)21-18(14-17-10-6-3-7-11-17)19(23)20-13-12-16-8-4-2-5-9-16/h3,6-8,10-11,14H,2,4-5,9,12-13H2,1H3,(H,20,23)(H,21,22)/b18-14-. The molecule has 1 aromatic rings. The quantitative estimate of drug-likeness (QED) is 0.626. The molecule has 0 radical (unpaired) electrons. The van der Waals surface area contributed by atoms with Crippen LogP contribution in [0.2, 0.25) is 0 Å². The first-order valence-corrected chi connectivity index (χ1v) is 8.15. The number of carbonyl (C=O) groups is 2. The molecule has 0 spiro atoms. The molecule has 0 unspecified atom stereocenters. The molecule has 2 rings (SSSR count). The first kappa shape index (κ1) is 17.0. The van der Waals surface area contributed by atoms with Crippen molar-refractivity contribution in [2.24, 2.45) is 0 Å². The Balaban J connectivity index is 1.95. The van der Waals surface area contributed by atoms with E-state index >= 15 is 0 Å². The van der Waals surface area contributed by atoms with E-state index in [-0.39, 0.29) is 17.5 Å². The highest BCUT2D eigenvalue weighted by molar-refractivity contribution is 6.00. The molecular formula is C19H24N2O2. The lowest BCUT2D eigenvalue weighted by atomic mass is 9.97. The zero-order valence-electron chi connectivity index (χ0n) is 13.6. The normalized spacial score (nSPS) is 14.8. The van der Waals surface area contributed by atoms with Gasteiger partial charge in [0.15, 0.2) is 0 Å². The van der Waals surface area contributed by atoms with Gasteiger partial charge in [-0.2, -0.15) is 0 Å². The van der Waals surface area contributed by atoms with Gasteiger partial charge in [0, 0.05) is 13.5 Å². The van der Waals surface area contributed by atoms with Crippen LogP contribution in [0.25, 0.3) is 6.08 Å². The molecule has 1 aliphatic rings. The van der Waals surface area contributed by atoms with Crippen molar-refractivity contribution >= 4 is 17.9 Å². The summed E-state index contributed by atoms with van der Waals surface area (Å²) < 4.78 is 0. The Labute approximate surface area is 137 Å². The average molecular weight is 312 g/mol. The number of hydrogen-bond donors (Lipinski definition) is 2. The van der Waals surface area contributed by atoms with Gasteiger partial charge < -0.3 is 10.6 Å². The van der Waals surface area contributed by atoms with Crippen LogP contribution in [-0.4, -0.2) is 18.4 Å². The fraction of sp³-hybridized carbons (Fsp3) is 0.368. The number of rotatable bonds is 6. The Morgan fingerprint density at radius 1 is 1.17 bits per heavy atom. The molecule has 0 saturated carbocycles. The SMILES string of the molecule is CC(=O)N/C(=C\c1ccccc1)C(=O)NCCC1=CCCCC1. The number of hydrogen-bond acceptors (Lipinski definition) is 2. The summed E-state index contributed by atoms with van der Waals surface area (Å²) in [7, 11) is 0. The van der Waals surface area contributed by atoms with Gasteiger partial charge in [-0.15, -0.1) is 0 Å². The first-order chi connectivity index (χ1) is 11.1. The first-order valence-electron chi connectivity index (χ1n) is 8.15.